The van der Waals surface area contributed by atoms with Gasteiger partial charge < -0.3 is 5.32 Å². The standard InChI is InChI=1S/C14H14N3/c1-10-3-5-12(6-4-10)17-11(2)16-13-9-15-8-7-14(13)17/h3-7,9H,8H2,1-2H3/q-1. The molecule has 0 atom stereocenters. The van der Waals surface area contributed by atoms with Gasteiger partial charge in [0.2, 0.25) is 0 Å². The van der Waals surface area contributed by atoms with Crippen LogP contribution in [0.3, 0.4) is 0 Å². The van der Waals surface area contributed by atoms with E-state index in [1.165, 1.54) is 5.56 Å². The van der Waals surface area contributed by atoms with Crippen molar-refractivity contribution in [3.8, 4) is 5.69 Å². The number of aryl methyl sites for hydroxylation is 2. The van der Waals surface area contributed by atoms with Gasteiger partial charge in [-0.2, -0.15) is 0 Å². The molecule has 0 amide bonds. The highest BCUT2D eigenvalue weighted by Gasteiger charge is 2.05. The first-order chi connectivity index (χ1) is 8.25. The van der Waals surface area contributed by atoms with E-state index in [1.807, 2.05) is 13.1 Å². The Morgan fingerprint density at radius 1 is 1.18 bits per heavy atom. The molecule has 1 aliphatic rings. The maximum absolute atomic E-state index is 4.53. The van der Waals surface area contributed by atoms with Gasteiger partial charge in [-0.05, 0) is 26.0 Å². The number of imidazole rings is 1. The van der Waals surface area contributed by atoms with Crippen LogP contribution in [0.1, 0.15) is 11.4 Å². The average Bonchev–Trinajstić information content (AvgIpc) is 2.66. The molecule has 3 rings (SSSR count). The summed E-state index contributed by atoms with van der Waals surface area (Å²) >= 11 is 0. The largest absolute Gasteiger partial charge is 0.686 e. The van der Waals surface area contributed by atoms with Crippen LogP contribution < -0.4 is 10.7 Å². The van der Waals surface area contributed by atoms with Gasteiger partial charge in [-0.3, -0.25) is 4.57 Å². The number of hydrogen-bond acceptors (Lipinski definition) is 1. The minimum atomic E-state index is 0.740. The Balaban J connectivity index is 2.29. The SMILES string of the molecule is Cc1ccc(-n2c(C)nc3c2=CC[N-]C=3)cc1. The lowest BCUT2D eigenvalue weighted by atomic mass is 10.2. The first-order valence-corrected chi connectivity index (χ1v) is 5.75. The molecule has 2 heterocycles. The monoisotopic (exact) mass is 224 g/mol. The lowest BCUT2D eigenvalue weighted by molar-refractivity contribution is 0.947. The van der Waals surface area contributed by atoms with Crippen molar-refractivity contribution in [3.63, 3.8) is 0 Å². The van der Waals surface area contributed by atoms with Crippen molar-refractivity contribution in [2.75, 3.05) is 6.54 Å². The Morgan fingerprint density at radius 2 is 1.94 bits per heavy atom. The van der Waals surface area contributed by atoms with E-state index < -0.39 is 0 Å². The molecule has 86 valence electrons. The third-order valence-corrected chi connectivity index (χ3v) is 3.00. The Bertz CT molecular complexity index is 663. The van der Waals surface area contributed by atoms with Gasteiger partial charge in [0.25, 0.3) is 0 Å². The fraction of sp³-hybridized carbons (Fsp3) is 0.214. The zero-order chi connectivity index (χ0) is 11.8. The van der Waals surface area contributed by atoms with E-state index in [1.54, 1.807) is 0 Å². The fourth-order valence-corrected chi connectivity index (χ4v) is 2.16. The van der Waals surface area contributed by atoms with Crippen LogP contribution in [-0.2, 0) is 0 Å². The van der Waals surface area contributed by atoms with Crippen molar-refractivity contribution in [1.29, 1.82) is 0 Å². The number of hydrogen-bond donors (Lipinski definition) is 0. The summed E-state index contributed by atoms with van der Waals surface area (Å²) in [7, 11) is 0. The molecular formula is C14H14N3-. The van der Waals surface area contributed by atoms with Crippen LogP contribution in [0, 0.1) is 13.8 Å². The number of fused-ring (bicyclic) bond motifs is 1. The molecule has 1 aromatic carbocycles. The van der Waals surface area contributed by atoms with Crippen LogP contribution in [0.15, 0.2) is 24.3 Å². The van der Waals surface area contributed by atoms with Gasteiger partial charge in [-0.25, -0.2) is 4.98 Å². The Hall–Kier alpha value is -2.03. The quantitative estimate of drug-likeness (QED) is 0.720. The number of benzene rings is 1. The summed E-state index contributed by atoms with van der Waals surface area (Å²) in [6.45, 7) is 4.86. The van der Waals surface area contributed by atoms with Gasteiger partial charge in [0.05, 0.1) is 10.7 Å². The third kappa shape index (κ3) is 1.64. The third-order valence-electron chi connectivity index (χ3n) is 3.00. The topological polar surface area (TPSA) is 31.9 Å². The van der Waals surface area contributed by atoms with Gasteiger partial charge in [0.15, 0.2) is 0 Å². The molecule has 1 aliphatic heterocycles. The van der Waals surface area contributed by atoms with E-state index in [9.17, 15) is 0 Å². The minimum absolute atomic E-state index is 0.740. The predicted octanol–water partition coefficient (Wildman–Crippen LogP) is 1.39. The van der Waals surface area contributed by atoms with Gasteiger partial charge in [0, 0.05) is 5.69 Å². The predicted molar refractivity (Wildman–Crippen MR) is 69.4 cm³/mol. The van der Waals surface area contributed by atoms with E-state index >= 15 is 0 Å². The highest BCUT2D eigenvalue weighted by molar-refractivity contribution is 5.49. The first kappa shape index (κ1) is 10.1. The number of aromatic nitrogens is 2. The Kier molecular flexibility index (Phi) is 2.25. The van der Waals surface area contributed by atoms with Crippen LogP contribution in [0.25, 0.3) is 23.3 Å². The van der Waals surface area contributed by atoms with Crippen LogP contribution in [-0.4, -0.2) is 16.1 Å². The molecule has 0 aliphatic carbocycles. The van der Waals surface area contributed by atoms with Crippen molar-refractivity contribution >= 4 is 12.3 Å². The molecule has 17 heavy (non-hydrogen) atoms. The summed E-state index contributed by atoms with van der Waals surface area (Å²) < 4.78 is 2.18. The zero-order valence-corrected chi connectivity index (χ0v) is 10.0. The smallest absolute Gasteiger partial charge is 0.111 e. The molecule has 0 unspecified atom stereocenters. The van der Waals surface area contributed by atoms with Crippen LogP contribution >= 0.6 is 0 Å². The molecule has 0 radical (unpaired) electrons. The van der Waals surface area contributed by atoms with E-state index in [0.29, 0.717) is 0 Å². The highest BCUT2D eigenvalue weighted by atomic mass is 15.1. The maximum Gasteiger partial charge on any atom is 0.111 e. The molecule has 3 nitrogen and oxygen atoms in total. The van der Waals surface area contributed by atoms with Crippen LogP contribution in [0.4, 0.5) is 0 Å². The summed E-state index contributed by atoms with van der Waals surface area (Å²) in [5, 5.41) is 6.35. The fourth-order valence-electron chi connectivity index (χ4n) is 2.16. The summed E-state index contributed by atoms with van der Waals surface area (Å²) in [5.74, 6) is 1.00. The van der Waals surface area contributed by atoms with E-state index in [4.69, 9.17) is 0 Å². The molecule has 2 aromatic rings. The summed E-state index contributed by atoms with van der Waals surface area (Å²) in [6, 6.07) is 8.50. The molecule has 0 fully saturated rings. The van der Waals surface area contributed by atoms with E-state index in [0.717, 1.165) is 28.8 Å². The summed E-state index contributed by atoms with van der Waals surface area (Å²) in [5.41, 5.74) is 2.43. The second-order valence-electron chi connectivity index (χ2n) is 4.30. The normalized spacial score (nSPS) is 13.3. The molecule has 0 N–H and O–H groups in total. The second-order valence-corrected chi connectivity index (χ2v) is 4.30. The van der Waals surface area contributed by atoms with Crippen LogP contribution in [0.5, 0.6) is 0 Å². The molecule has 1 aromatic heterocycles. The van der Waals surface area contributed by atoms with Gasteiger partial charge in [-0.15, -0.1) is 12.7 Å². The zero-order valence-electron chi connectivity index (χ0n) is 10.0. The molecule has 0 bridgehead atoms. The van der Waals surface area contributed by atoms with Crippen molar-refractivity contribution in [2.45, 2.75) is 13.8 Å². The summed E-state index contributed by atoms with van der Waals surface area (Å²) in [6.07, 6.45) is 3.97. The van der Waals surface area contributed by atoms with Crippen molar-refractivity contribution in [1.82, 2.24) is 9.55 Å². The van der Waals surface area contributed by atoms with Crippen molar-refractivity contribution in [2.24, 2.45) is 0 Å². The molecule has 0 saturated heterocycles. The molecule has 0 saturated carbocycles. The van der Waals surface area contributed by atoms with Crippen molar-refractivity contribution < 1.29 is 0 Å². The minimum Gasteiger partial charge on any atom is -0.686 e. The van der Waals surface area contributed by atoms with Gasteiger partial charge in [-0.1, -0.05) is 23.8 Å². The van der Waals surface area contributed by atoms with Gasteiger partial charge in [0.1, 0.15) is 5.82 Å². The maximum atomic E-state index is 4.53. The molecule has 3 heteroatoms. The number of rotatable bonds is 1. The van der Waals surface area contributed by atoms with Crippen LogP contribution in [0.2, 0.25) is 0 Å². The van der Waals surface area contributed by atoms with E-state index in [-0.39, 0.29) is 0 Å². The Labute approximate surface area is 100 Å². The van der Waals surface area contributed by atoms with Crippen molar-refractivity contribution in [3.05, 3.63) is 51.7 Å². The number of nitrogens with zero attached hydrogens (tertiary/aromatic N) is 3. The van der Waals surface area contributed by atoms with E-state index in [2.05, 4.69) is 52.1 Å². The summed E-state index contributed by atoms with van der Waals surface area (Å²) in [4.78, 5) is 4.53. The molecule has 0 spiro atoms. The lowest BCUT2D eigenvalue weighted by Gasteiger charge is -2.14. The van der Waals surface area contributed by atoms with Gasteiger partial charge >= 0.3 is 0 Å². The average molecular weight is 224 g/mol. The highest BCUT2D eigenvalue weighted by Crippen LogP contribution is 2.08. The first-order valence-electron chi connectivity index (χ1n) is 5.75. The Morgan fingerprint density at radius 3 is 2.71 bits per heavy atom. The second kappa shape index (κ2) is 3.77. The lowest BCUT2D eigenvalue weighted by Crippen LogP contribution is -2.31. The molecular weight excluding hydrogens is 210 g/mol.